The van der Waals surface area contributed by atoms with Crippen molar-refractivity contribution in [3.63, 3.8) is 0 Å². The fourth-order valence-corrected chi connectivity index (χ4v) is 6.08. The number of nitrogens with zero attached hydrogens (tertiary/aromatic N) is 2. The van der Waals surface area contributed by atoms with Gasteiger partial charge >= 0.3 is 0 Å². The Kier molecular flexibility index (Phi) is 2.20. The Balaban J connectivity index is 1.63. The first-order valence-corrected chi connectivity index (χ1v) is 8.27. The highest BCUT2D eigenvalue weighted by atomic mass is 15.4. The molecular weight excluding hydrogens is 248 g/mol. The maximum absolute atomic E-state index is 5.01. The maximum atomic E-state index is 5.01. The summed E-state index contributed by atoms with van der Waals surface area (Å²) in [7, 11) is 2.00. The van der Waals surface area contributed by atoms with Gasteiger partial charge in [0.05, 0.1) is 11.2 Å². The third-order valence-corrected chi connectivity index (χ3v) is 6.38. The van der Waals surface area contributed by atoms with E-state index in [1.54, 1.807) is 0 Å². The molecule has 4 heteroatoms. The quantitative estimate of drug-likeness (QED) is 0.869. The first-order valence-electron chi connectivity index (χ1n) is 8.27. The van der Waals surface area contributed by atoms with Crippen molar-refractivity contribution in [3.8, 4) is 0 Å². The second kappa shape index (κ2) is 3.79. The lowest BCUT2D eigenvalue weighted by Gasteiger charge is -2.56. The van der Waals surface area contributed by atoms with Crippen molar-refractivity contribution < 1.29 is 0 Å². The Hall–Kier alpha value is -1.03. The molecule has 4 nitrogen and oxygen atoms in total. The minimum Gasteiger partial charge on any atom is -0.371 e. The molecule has 0 saturated heterocycles. The van der Waals surface area contributed by atoms with Gasteiger partial charge in [-0.2, -0.15) is 5.10 Å². The lowest BCUT2D eigenvalue weighted by atomic mass is 9.53. The summed E-state index contributed by atoms with van der Waals surface area (Å²) in [4.78, 5) is 0. The monoisotopic (exact) mass is 272 g/mol. The Labute approximate surface area is 120 Å². The summed E-state index contributed by atoms with van der Waals surface area (Å²) in [6.07, 6.45) is 8.66. The van der Waals surface area contributed by atoms with Crippen molar-refractivity contribution in [1.29, 1.82) is 0 Å². The molecule has 0 unspecified atom stereocenters. The molecule has 4 bridgehead atoms. The van der Waals surface area contributed by atoms with Crippen LogP contribution in [0.4, 0.5) is 5.82 Å². The number of aromatic nitrogens is 2. The summed E-state index contributed by atoms with van der Waals surface area (Å²) >= 11 is 0. The number of rotatable bonds is 2. The van der Waals surface area contributed by atoms with Gasteiger partial charge in [-0.1, -0.05) is 0 Å². The Morgan fingerprint density at radius 2 is 1.75 bits per heavy atom. The van der Waals surface area contributed by atoms with E-state index < -0.39 is 0 Å². The minimum atomic E-state index is 0.361. The molecule has 0 spiro atoms. The predicted molar refractivity (Wildman–Crippen MR) is 78.5 cm³/mol. The summed E-state index contributed by atoms with van der Waals surface area (Å²) in [5.41, 5.74) is 3.25. The third-order valence-electron chi connectivity index (χ3n) is 6.38. The second-order valence-electron chi connectivity index (χ2n) is 7.68. The maximum Gasteiger partial charge on any atom is 0.152 e. The smallest absolute Gasteiger partial charge is 0.152 e. The first-order chi connectivity index (χ1) is 9.77. The Morgan fingerprint density at radius 3 is 2.35 bits per heavy atom. The van der Waals surface area contributed by atoms with E-state index in [4.69, 9.17) is 5.10 Å². The summed E-state index contributed by atoms with van der Waals surface area (Å²) in [6, 6.07) is 0. The molecule has 0 amide bonds. The highest BCUT2D eigenvalue weighted by molar-refractivity contribution is 5.48. The number of hydrogen-bond acceptors (Lipinski definition) is 3. The van der Waals surface area contributed by atoms with Gasteiger partial charge in [-0.25, -0.2) is 0 Å². The highest BCUT2D eigenvalue weighted by Crippen LogP contribution is 2.59. The molecule has 6 rings (SSSR count). The van der Waals surface area contributed by atoms with Gasteiger partial charge < -0.3 is 10.6 Å². The largest absolute Gasteiger partial charge is 0.371 e. The van der Waals surface area contributed by atoms with Crippen LogP contribution < -0.4 is 10.6 Å². The van der Waals surface area contributed by atoms with Crippen LogP contribution in [0.15, 0.2) is 0 Å². The minimum absolute atomic E-state index is 0.361. The average molecular weight is 272 g/mol. The van der Waals surface area contributed by atoms with Crippen molar-refractivity contribution in [2.75, 3.05) is 12.4 Å². The molecule has 4 aliphatic carbocycles. The average Bonchev–Trinajstić information content (AvgIpc) is 2.97. The highest BCUT2D eigenvalue weighted by Gasteiger charge is 2.53. The van der Waals surface area contributed by atoms with Crippen LogP contribution in [-0.2, 0) is 18.6 Å². The molecule has 2 N–H and O–H groups in total. The van der Waals surface area contributed by atoms with Gasteiger partial charge in [0.2, 0.25) is 0 Å². The van der Waals surface area contributed by atoms with Gasteiger partial charge in [-0.15, -0.1) is 0 Å². The van der Waals surface area contributed by atoms with E-state index in [2.05, 4.69) is 15.3 Å². The summed E-state index contributed by atoms with van der Waals surface area (Å²) in [5, 5.41) is 11.8. The van der Waals surface area contributed by atoms with E-state index in [-0.39, 0.29) is 0 Å². The van der Waals surface area contributed by atoms with Crippen molar-refractivity contribution in [3.05, 3.63) is 11.3 Å². The van der Waals surface area contributed by atoms with Crippen LogP contribution in [-0.4, -0.2) is 16.8 Å². The zero-order valence-corrected chi connectivity index (χ0v) is 12.3. The van der Waals surface area contributed by atoms with Crippen molar-refractivity contribution >= 4 is 5.82 Å². The topological polar surface area (TPSA) is 41.9 Å². The van der Waals surface area contributed by atoms with Crippen LogP contribution in [0.1, 0.15) is 49.8 Å². The number of hydrogen-bond donors (Lipinski definition) is 2. The molecular formula is C16H24N4. The molecule has 1 aromatic rings. The second-order valence-corrected chi connectivity index (χ2v) is 7.68. The van der Waals surface area contributed by atoms with Crippen molar-refractivity contribution in [2.24, 2.45) is 17.8 Å². The van der Waals surface area contributed by atoms with Crippen LogP contribution in [0, 0.1) is 17.8 Å². The number of fused-ring (bicyclic) bond motifs is 1. The molecule has 4 saturated carbocycles. The van der Waals surface area contributed by atoms with Gasteiger partial charge in [0.15, 0.2) is 5.82 Å². The summed E-state index contributed by atoms with van der Waals surface area (Å²) < 4.78 is 2.47. The van der Waals surface area contributed by atoms with Crippen LogP contribution in [0.3, 0.4) is 0 Å². The van der Waals surface area contributed by atoms with Gasteiger partial charge in [0, 0.05) is 25.7 Å². The van der Waals surface area contributed by atoms with Crippen molar-refractivity contribution in [1.82, 2.24) is 15.1 Å². The molecule has 2 heterocycles. The van der Waals surface area contributed by atoms with Gasteiger partial charge in [0.1, 0.15) is 0 Å². The zero-order chi connectivity index (χ0) is 13.3. The van der Waals surface area contributed by atoms with Crippen LogP contribution in [0.25, 0.3) is 0 Å². The lowest BCUT2D eigenvalue weighted by Crippen LogP contribution is -2.52. The fraction of sp³-hybridized carbons (Fsp3) is 0.812. The number of nitrogens with one attached hydrogen (secondary N) is 2. The van der Waals surface area contributed by atoms with E-state index in [0.717, 1.165) is 36.7 Å². The molecule has 1 aliphatic heterocycles. The molecule has 0 atom stereocenters. The third kappa shape index (κ3) is 1.38. The number of anilines is 1. The van der Waals surface area contributed by atoms with E-state index in [1.807, 2.05) is 7.05 Å². The van der Waals surface area contributed by atoms with Crippen LogP contribution in [0.2, 0.25) is 0 Å². The van der Waals surface area contributed by atoms with Crippen LogP contribution in [0.5, 0.6) is 0 Å². The first kappa shape index (κ1) is 11.6. The molecule has 20 heavy (non-hydrogen) atoms. The zero-order valence-electron chi connectivity index (χ0n) is 12.3. The van der Waals surface area contributed by atoms with Gasteiger partial charge in [0.25, 0.3) is 0 Å². The van der Waals surface area contributed by atoms with Crippen molar-refractivity contribution in [2.45, 2.75) is 57.2 Å². The predicted octanol–water partition coefficient (Wildman–Crippen LogP) is 2.45. The molecule has 4 fully saturated rings. The van der Waals surface area contributed by atoms with Gasteiger partial charge in [-0.3, -0.25) is 4.68 Å². The SMILES string of the molecule is CNc1nn(C23CC4CC(CC(C4)C2)C3)c2c1CNC2. The van der Waals surface area contributed by atoms with E-state index in [9.17, 15) is 0 Å². The molecule has 108 valence electrons. The normalized spacial score (nSPS) is 41.1. The molecule has 5 aliphatic rings. The Bertz CT molecular complexity index is 524. The fourth-order valence-electron chi connectivity index (χ4n) is 6.08. The van der Waals surface area contributed by atoms with Crippen LogP contribution >= 0.6 is 0 Å². The standard InChI is InChI=1S/C16H24N4/c1-17-15-13-8-18-9-14(13)20(19-15)16-5-10-2-11(6-16)4-12(3-10)7-16/h10-12,18H,2-9H2,1H3,(H,17,19). The summed E-state index contributed by atoms with van der Waals surface area (Å²) in [6.45, 7) is 1.99. The molecule has 0 radical (unpaired) electrons. The lowest BCUT2D eigenvalue weighted by molar-refractivity contribution is -0.0506. The molecule has 1 aromatic heterocycles. The summed E-state index contributed by atoms with van der Waals surface area (Å²) in [5.74, 6) is 4.05. The Morgan fingerprint density at radius 1 is 1.10 bits per heavy atom. The van der Waals surface area contributed by atoms with Gasteiger partial charge in [-0.05, 0) is 56.3 Å². The van der Waals surface area contributed by atoms with E-state index >= 15 is 0 Å². The van der Waals surface area contributed by atoms with E-state index in [1.165, 1.54) is 49.8 Å². The van der Waals surface area contributed by atoms with E-state index in [0.29, 0.717) is 5.54 Å². The molecule has 0 aromatic carbocycles.